The van der Waals surface area contributed by atoms with Crippen LogP contribution in [0.2, 0.25) is 0 Å². The van der Waals surface area contributed by atoms with E-state index in [2.05, 4.69) is 4.90 Å². The number of carbonyl (C=O) groups excluding carboxylic acids is 2. The monoisotopic (exact) mass is 384 g/mol. The van der Waals surface area contributed by atoms with Crippen LogP contribution < -0.4 is 4.74 Å². The molecule has 152 valence electrons. The molecule has 0 aromatic heterocycles. The van der Waals surface area contributed by atoms with E-state index in [4.69, 9.17) is 4.74 Å². The number of carbonyl (C=O) groups is 2. The van der Waals surface area contributed by atoms with Gasteiger partial charge in [0, 0.05) is 31.1 Å². The number of benzene rings is 1. The third-order valence-corrected chi connectivity index (χ3v) is 6.55. The minimum Gasteiger partial charge on any atom is -0.491 e. The molecule has 5 heteroatoms. The van der Waals surface area contributed by atoms with Gasteiger partial charge in [-0.05, 0) is 62.8 Å². The predicted octanol–water partition coefficient (Wildman–Crippen LogP) is 3.87. The zero-order valence-electron chi connectivity index (χ0n) is 16.8. The third kappa shape index (κ3) is 4.34. The highest BCUT2D eigenvalue weighted by atomic mass is 16.5. The van der Waals surface area contributed by atoms with E-state index in [9.17, 15) is 9.59 Å². The Morgan fingerprint density at radius 1 is 0.857 bits per heavy atom. The Hall–Kier alpha value is -2.04. The largest absolute Gasteiger partial charge is 0.491 e. The smallest absolute Gasteiger partial charge is 0.253 e. The second-order valence-corrected chi connectivity index (χ2v) is 8.50. The van der Waals surface area contributed by atoms with E-state index in [1.807, 2.05) is 29.2 Å². The fourth-order valence-corrected chi connectivity index (χ4v) is 4.87. The van der Waals surface area contributed by atoms with Crippen molar-refractivity contribution in [3.63, 3.8) is 0 Å². The summed E-state index contributed by atoms with van der Waals surface area (Å²) >= 11 is 0. The van der Waals surface area contributed by atoms with E-state index in [1.54, 1.807) is 0 Å². The van der Waals surface area contributed by atoms with Gasteiger partial charge in [-0.25, -0.2) is 0 Å². The van der Waals surface area contributed by atoms with Crippen molar-refractivity contribution in [2.45, 2.75) is 63.8 Å². The maximum Gasteiger partial charge on any atom is 0.253 e. The molecule has 5 nitrogen and oxygen atoms in total. The zero-order chi connectivity index (χ0) is 19.3. The molecule has 3 fully saturated rings. The van der Waals surface area contributed by atoms with Gasteiger partial charge in [0.25, 0.3) is 5.91 Å². The summed E-state index contributed by atoms with van der Waals surface area (Å²) in [5, 5.41) is 0. The first-order valence-corrected chi connectivity index (χ1v) is 11.0. The Morgan fingerprint density at radius 3 is 2.29 bits per heavy atom. The van der Waals surface area contributed by atoms with E-state index in [1.165, 1.54) is 19.3 Å². The standard InChI is InChI=1S/C23H32N2O3/c26-22(24-14-4-5-15-24)19-10-12-21(13-11-19)28-17-20-9-6-16-25(20)23(27)18-7-2-1-3-8-18/h10-13,18,20H,1-9,14-17H2. The normalized spacial score (nSPS) is 23.2. The first-order valence-electron chi connectivity index (χ1n) is 11.0. The Balaban J connectivity index is 1.30. The number of hydrogen-bond donors (Lipinski definition) is 0. The Labute approximate surface area is 168 Å². The summed E-state index contributed by atoms with van der Waals surface area (Å²) < 4.78 is 6.00. The van der Waals surface area contributed by atoms with Crippen molar-refractivity contribution in [2.75, 3.05) is 26.2 Å². The molecular formula is C23H32N2O3. The van der Waals surface area contributed by atoms with Crippen LogP contribution in [0.5, 0.6) is 5.75 Å². The van der Waals surface area contributed by atoms with Gasteiger partial charge < -0.3 is 14.5 Å². The van der Waals surface area contributed by atoms with Crippen molar-refractivity contribution >= 4 is 11.8 Å². The van der Waals surface area contributed by atoms with Gasteiger partial charge >= 0.3 is 0 Å². The molecule has 0 radical (unpaired) electrons. The quantitative estimate of drug-likeness (QED) is 0.774. The van der Waals surface area contributed by atoms with Gasteiger partial charge in [-0.3, -0.25) is 9.59 Å². The number of rotatable bonds is 5. The zero-order valence-corrected chi connectivity index (χ0v) is 16.8. The van der Waals surface area contributed by atoms with Crippen molar-refractivity contribution in [1.29, 1.82) is 0 Å². The highest BCUT2D eigenvalue weighted by Gasteiger charge is 2.33. The lowest BCUT2D eigenvalue weighted by Gasteiger charge is -2.30. The highest BCUT2D eigenvalue weighted by molar-refractivity contribution is 5.94. The minimum atomic E-state index is 0.115. The number of likely N-dealkylation sites (tertiary alicyclic amines) is 2. The Morgan fingerprint density at radius 2 is 1.57 bits per heavy atom. The van der Waals surface area contributed by atoms with E-state index in [0.29, 0.717) is 12.5 Å². The fraction of sp³-hybridized carbons (Fsp3) is 0.652. The van der Waals surface area contributed by atoms with Gasteiger partial charge in [-0.1, -0.05) is 19.3 Å². The van der Waals surface area contributed by atoms with Crippen LogP contribution in [-0.4, -0.2) is 53.9 Å². The average molecular weight is 385 g/mol. The summed E-state index contributed by atoms with van der Waals surface area (Å²) in [5.74, 6) is 1.46. The first kappa shape index (κ1) is 19.3. The van der Waals surface area contributed by atoms with Gasteiger partial charge in [0.15, 0.2) is 0 Å². The van der Waals surface area contributed by atoms with Crippen molar-refractivity contribution in [1.82, 2.24) is 9.80 Å². The first-order chi connectivity index (χ1) is 13.7. The van der Waals surface area contributed by atoms with Crippen LogP contribution in [0.15, 0.2) is 24.3 Å². The summed E-state index contributed by atoms with van der Waals surface area (Å²) in [6.45, 7) is 3.14. The van der Waals surface area contributed by atoms with Gasteiger partial charge in [0.05, 0.1) is 6.04 Å². The SMILES string of the molecule is O=C(c1ccc(OCC2CCCN2C(=O)C2CCCCC2)cc1)N1CCCC1. The van der Waals surface area contributed by atoms with E-state index in [-0.39, 0.29) is 17.9 Å². The van der Waals surface area contributed by atoms with Crippen LogP contribution >= 0.6 is 0 Å². The maximum atomic E-state index is 12.9. The molecule has 2 aliphatic heterocycles. The lowest BCUT2D eigenvalue weighted by Crippen LogP contribution is -2.42. The Bertz CT molecular complexity index is 676. The van der Waals surface area contributed by atoms with Crippen LogP contribution in [0.1, 0.15) is 68.1 Å². The molecule has 4 rings (SSSR count). The van der Waals surface area contributed by atoms with Crippen molar-refractivity contribution in [3.05, 3.63) is 29.8 Å². The predicted molar refractivity (Wildman–Crippen MR) is 108 cm³/mol. The molecule has 3 aliphatic rings. The van der Waals surface area contributed by atoms with Crippen molar-refractivity contribution < 1.29 is 14.3 Å². The summed E-state index contributed by atoms with van der Waals surface area (Å²) in [6, 6.07) is 7.66. The molecule has 0 bridgehead atoms. The summed E-state index contributed by atoms with van der Waals surface area (Å²) in [4.78, 5) is 29.3. The van der Waals surface area contributed by atoms with Gasteiger partial charge in [0.1, 0.15) is 12.4 Å². The summed E-state index contributed by atoms with van der Waals surface area (Å²) in [5.41, 5.74) is 0.726. The average Bonchev–Trinajstić information content (AvgIpc) is 3.44. The lowest BCUT2D eigenvalue weighted by atomic mass is 9.88. The van der Waals surface area contributed by atoms with Gasteiger partial charge in [-0.2, -0.15) is 0 Å². The topological polar surface area (TPSA) is 49.9 Å². The minimum absolute atomic E-state index is 0.115. The van der Waals surface area contributed by atoms with Crippen LogP contribution in [0.3, 0.4) is 0 Å². The fourth-order valence-electron chi connectivity index (χ4n) is 4.87. The molecule has 2 amide bonds. The van der Waals surface area contributed by atoms with Crippen LogP contribution in [0.25, 0.3) is 0 Å². The molecule has 1 aromatic carbocycles. The second kappa shape index (κ2) is 8.97. The Kier molecular flexibility index (Phi) is 6.18. The van der Waals surface area contributed by atoms with E-state index in [0.717, 1.165) is 69.5 Å². The molecule has 1 aliphatic carbocycles. The number of ether oxygens (including phenoxy) is 1. The van der Waals surface area contributed by atoms with Crippen molar-refractivity contribution in [3.8, 4) is 5.75 Å². The second-order valence-electron chi connectivity index (χ2n) is 8.50. The number of amides is 2. The maximum absolute atomic E-state index is 12.9. The van der Waals surface area contributed by atoms with Crippen LogP contribution in [0.4, 0.5) is 0 Å². The van der Waals surface area contributed by atoms with Crippen LogP contribution in [0, 0.1) is 5.92 Å². The summed E-state index contributed by atoms with van der Waals surface area (Å²) in [6.07, 6.45) is 10.0. The van der Waals surface area contributed by atoms with Gasteiger partial charge in [-0.15, -0.1) is 0 Å². The van der Waals surface area contributed by atoms with E-state index < -0.39 is 0 Å². The van der Waals surface area contributed by atoms with E-state index >= 15 is 0 Å². The molecule has 1 aromatic rings. The van der Waals surface area contributed by atoms with Crippen molar-refractivity contribution in [2.24, 2.45) is 5.92 Å². The third-order valence-electron chi connectivity index (χ3n) is 6.55. The molecule has 2 saturated heterocycles. The molecular weight excluding hydrogens is 352 g/mol. The molecule has 1 saturated carbocycles. The van der Waals surface area contributed by atoms with Crippen LogP contribution in [-0.2, 0) is 4.79 Å². The molecule has 0 spiro atoms. The summed E-state index contributed by atoms with van der Waals surface area (Å²) in [7, 11) is 0. The highest BCUT2D eigenvalue weighted by Crippen LogP contribution is 2.29. The molecule has 1 unspecified atom stereocenters. The lowest BCUT2D eigenvalue weighted by molar-refractivity contribution is -0.137. The number of hydrogen-bond acceptors (Lipinski definition) is 3. The molecule has 0 N–H and O–H groups in total. The number of nitrogens with zero attached hydrogens (tertiary/aromatic N) is 2. The van der Waals surface area contributed by atoms with Gasteiger partial charge in [0.2, 0.25) is 5.91 Å². The molecule has 1 atom stereocenters. The molecule has 28 heavy (non-hydrogen) atoms. The molecule has 2 heterocycles.